The molecule has 0 aromatic rings. The van der Waals surface area contributed by atoms with E-state index >= 15 is 0 Å². The van der Waals surface area contributed by atoms with Crippen LogP contribution >= 0.6 is 7.60 Å². The standard InChI is InChI=1S/C12H17O4P/c1-3-10-15-17(14,16-11-4-2)12(13)8-6-5-7-9-12/h1-2,13H,5-11H2. The molecule has 0 aliphatic heterocycles. The van der Waals surface area contributed by atoms with Crippen LogP contribution in [0.3, 0.4) is 0 Å². The lowest BCUT2D eigenvalue weighted by Crippen LogP contribution is -2.33. The van der Waals surface area contributed by atoms with E-state index in [4.69, 9.17) is 21.9 Å². The summed E-state index contributed by atoms with van der Waals surface area (Å²) in [4.78, 5) is 0. The first-order valence-electron chi connectivity index (χ1n) is 5.56. The van der Waals surface area contributed by atoms with Crippen LogP contribution in [0.5, 0.6) is 0 Å². The van der Waals surface area contributed by atoms with Gasteiger partial charge in [0.15, 0.2) is 5.34 Å². The SMILES string of the molecule is C#CCOP(=O)(OCC#C)C1(O)CCCCC1. The Morgan fingerprint density at radius 1 is 1.12 bits per heavy atom. The first-order chi connectivity index (χ1) is 8.08. The van der Waals surface area contributed by atoms with E-state index in [0.717, 1.165) is 19.3 Å². The lowest BCUT2D eigenvalue weighted by molar-refractivity contribution is 0.0410. The Morgan fingerprint density at radius 2 is 1.59 bits per heavy atom. The molecule has 1 saturated carbocycles. The molecule has 0 unspecified atom stereocenters. The fourth-order valence-electron chi connectivity index (χ4n) is 1.91. The molecule has 1 rings (SSSR count). The lowest BCUT2D eigenvalue weighted by atomic mass is 9.97. The summed E-state index contributed by atoms with van der Waals surface area (Å²) in [5.41, 5.74) is 0. The summed E-state index contributed by atoms with van der Waals surface area (Å²) < 4.78 is 22.7. The first kappa shape index (κ1) is 14.3. The van der Waals surface area contributed by atoms with Crippen LogP contribution in [-0.2, 0) is 13.6 Å². The van der Waals surface area contributed by atoms with Gasteiger partial charge in [0.1, 0.15) is 13.2 Å². The summed E-state index contributed by atoms with van der Waals surface area (Å²) in [5, 5.41) is 8.95. The van der Waals surface area contributed by atoms with Crippen molar-refractivity contribution in [3.63, 3.8) is 0 Å². The van der Waals surface area contributed by atoms with Crippen LogP contribution in [-0.4, -0.2) is 23.7 Å². The zero-order valence-electron chi connectivity index (χ0n) is 9.72. The molecule has 0 atom stereocenters. The van der Waals surface area contributed by atoms with E-state index in [9.17, 15) is 9.67 Å². The predicted molar refractivity (Wildman–Crippen MR) is 65.2 cm³/mol. The molecular weight excluding hydrogens is 239 g/mol. The Kier molecular flexibility index (Phi) is 5.25. The Bertz CT molecular complexity index is 349. The Balaban J connectivity index is 2.84. The van der Waals surface area contributed by atoms with Crippen molar-refractivity contribution in [2.45, 2.75) is 37.4 Å². The zero-order valence-corrected chi connectivity index (χ0v) is 10.6. The van der Waals surface area contributed by atoms with E-state index in [1.165, 1.54) is 0 Å². The maximum absolute atomic E-state index is 12.5. The maximum Gasteiger partial charge on any atom is 0.363 e. The fourth-order valence-corrected chi connectivity index (χ4v) is 3.82. The van der Waals surface area contributed by atoms with Gasteiger partial charge in [-0.3, -0.25) is 13.6 Å². The molecule has 0 saturated heterocycles. The van der Waals surface area contributed by atoms with E-state index in [0.29, 0.717) is 12.8 Å². The maximum atomic E-state index is 12.5. The average molecular weight is 256 g/mol. The van der Waals surface area contributed by atoms with Crippen LogP contribution in [0.4, 0.5) is 0 Å². The van der Waals surface area contributed by atoms with E-state index in [2.05, 4.69) is 11.8 Å². The Hall–Kier alpha value is -0.770. The number of hydrogen-bond donors (Lipinski definition) is 1. The van der Waals surface area contributed by atoms with Crippen molar-refractivity contribution in [1.82, 2.24) is 0 Å². The van der Waals surface area contributed by atoms with Crippen LogP contribution < -0.4 is 0 Å². The summed E-state index contributed by atoms with van der Waals surface area (Å²) in [6.07, 6.45) is 13.5. The van der Waals surface area contributed by atoms with Crippen LogP contribution in [0.1, 0.15) is 32.1 Å². The van der Waals surface area contributed by atoms with Gasteiger partial charge in [0.2, 0.25) is 0 Å². The second-order valence-corrected chi connectivity index (χ2v) is 6.34. The van der Waals surface area contributed by atoms with Gasteiger partial charge < -0.3 is 5.11 Å². The van der Waals surface area contributed by atoms with Gasteiger partial charge in [0.05, 0.1) is 0 Å². The van der Waals surface area contributed by atoms with Crippen LogP contribution in [0.15, 0.2) is 0 Å². The minimum Gasteiger partial charge on any atom is -0.377 e. The summed E-state index contributed by atoms with van der Waals surface area (Å²) in [6.45, 7) is -0.325. The minimum atomic E-state index is -3.67. The highest BCUT2D eigenvalue weighted by molar-refractivity contribution is 7.55. The lowest BCUT2D eigenvalue weighted by Gasteiger charge is -2.36. The Labute approximate surface area is 102 Å². The summed E-state index contributed by atoms with van der Waals surface area (Å²) in [6, 6.07) is 0. The molecule has 0 aromatic heterocycles. The van der Waals surface area contributed by atoms with Crippen molar-refractivity contribution in [2.24, 2.45) is 0 Å². The molecule has 0 radical (unpaired) electrons. The molecule has 1 aliphatic carbocycles. The molecule has 4 nitrogen and oxygen atoms in total. The highest BCUT2D eigenvalue weighted by Gasteiger charge is 2.50. The van der Waals surface area contributed by atoms with Gasteiger partial charge in [-0.15, -0.1) is 12.8 Å². The number of aliphatic hydroxyl groups is 1. The van der Waals surface area contributed by atoms with Crippen molar-refractivity contribution in [1.29, 1.82) is 0 Å². The Morgan fingerprint density at radius 3 is 2.00 bits per heavy atom. The van der Waals surface area contributed by atoms with Crippen LogP contribution in [0.2, 0.25) is 0 Å². The summed E-state index contributed by atoms with van der Waals surface area (Å²) in [5.74, 6) is 4.44. The second-order valence-electron chi connectivity index (χ2n) is 4.00. The predicted octanol–water partition coefficient (Wildman–Crippen LogP) is 2.13. The van der Waals surface area contributed by atoms with Gasteiger partial charge in [0.25, 0.3) is 0 Å². The highest BCUT2D eigenvalue weighted by atomic mass is 31.2. The van der Waals surface area contributed by atoms with Gasteiger partial charge in [-0.05, 0) is 25.7 Å². The van der Waals surface area contributed by atoms with Crippen molar-refractivity contribution < 1.29 is 18.7 Å². The van der Waals surface area contributed by atoms with Crippen molar-refractivity contribution in [2.75, 3.05) is 13.2 Å². The third kappa shape index (κ3) is 3.35. The largest absolute Gasteiger partial charge is 0.377 e. The summed E-state index contributed by atoms with van der Waals surface area (Å²) in [7, 11) is -3.67. The van der Waals surface area contributed by atoms with Crippen LogP contribution in [0, 0.1) is 24.7 Å². The van der Waals surface area contributed by atoms with Crippen molar-refractivity contribution >= 4 is 7.60 Å². The first-order valence-corrected chi connectivity index (χ1v) is 7.11. The molecule has 0 amide bonds. The molecule has 1 N–H and O–H groups in total. The molecule has 0 heterocycles. The van der Waals surface area contributed by atoms with E-state index in [-0.39, 0.29) is 13.2 Å². The normalized spacial score (nSPS) is 19.2. The topological polar surface area (TPSA) is 55.8 Å². The molecule has 0 bridgehead atoms. The molecule has 1 aliphatic rings. The van der Waals surface area contributed by atoms with Gasteiger partial charge in [-0.2, -0.15) is 0 Å². The number of hydrogen-bond acceptors (Lipinski definition) is 4. The highest BCUT2D eigenvalue weighted by Crippen LogP contribution is 2.63. The monoisotopic (exact) mass is 256 g/mol. The molecule has 0 spiro atoms. The third-order valence-electron chi connectivity index (χ3n) is 2.80. The van der Waals surface area contributed by atoms with Crippen molar-refractivity contribution in [3.8, 4) is 24.7 Å². The summed E-state index contributed by atoms with van der Waals surface area (Å²) >= 11 is 0. The minimum absolute atomic E-state index is 0.163. The van der Waals surface area contributed by atoms with Crippen LogP contribution in [0.25, 0.3) is 0 Å². The number of terminal acetylenes is 2. The van der Waals surface area contributed by atoms with E-state index in [1.807, 2.05) is 0 Å². The molecule has 5 heteroatoms. The number of rotatable bonds is 5. The van der Waals surface area contributed by atoms with Crippen molar-refractivity contribution in [3.05, 3.63) is 0 Å². The van der Waals surface area contributed by atoms with E-state index < -0.39 is 12.9 Å². The zero-order chi connectivity index (χ0) is 12.8. The molecule has 17 heavy (non-hydrogen) atoms. The molecule has 0 aromatic carbocycles. The fraction of sp³-hybridized carbons (Fsp3) is 0.667. The smallest absolute Gasteiger partial charge is 0.363 e. The molecule has 94 valence electrons. The van der Waals surface area contributed by atoms with Gasteiger partial charge in [0, 0.05) is 0 Å². The third-order valence-corrected chi connectivity index (χ3v) is 5.20. The van der Waals surface area contributed by atoms with Gasteiger partial charge in [-0.1, -0.05) is 18.3 Å². The second kappa shape index (κ2) is 6.24. The van der Waals surface area contributed by atoms with Gasteiger partial charge >= 0.3 is 7.60 Å². The van der Waals surface area contributed by atoms with E-state index in [1.54, 1.807) is 0 Å². The average Bonchev–Trinajstić information content (AvgIpc) is 2.34. The molecule has 1 fully saturated rings. The quantitative estimate of drug-likeness (QED) is 0.604. The van der Waals surface area contributed by atoms with Gasteiger partial charge in [-0.25, -0.2) is 0 Å². The molecular formula is C12H17O4P.